The van der Waals surface area contributed by atoms with Crippen LogP contribution in [0.15, 0.2) is 106 Å². The minimum Gasteiger partial charge on any atom is -0.478 e. The summed E-state index contributed by atoms with van der Waals surface area (Å²) in [4.78, 5) is 31.0. The molecule has 0 aromatic heterocycles. The van der Waals surface area contributed by atoms with Crippen molar-refractivity contribution >= 4 is 144 Å². The summed E-state index contributed by atoms with van der Waals surface area (Å²) >= 11 is 32.6. The molecule has 16 nitrogen and oxygen atoms in total. The van der Waals surface area contributed by atoms with Crippen molar-refractivity contribution in [2.75, 3.05) is 15.2 Å². The van der Waals surface area contributed by atoms with Gasteiger partial charge >= 0.3 is 30.5 Å². The van der Waals surface area contributed by atoms with Crippen molar-refractivity contribution in [3.63, 3.8) is 0 Å². The summed E-state index contributed by atoms with van der Waals surface area (Å²) in [5, 5.41) is 14.2. The fourth-order valence-electron chi connectivity index (χ4n) is 5.51. The van der Waals surface area contributed by atoms with Crippen molar-refractivity contribution in [2.24, 2.45) is 5.84 Å². The molecule has 0 heterocycles. The number of carboxylic acid groups (broad SMARTS) is 2. The number of nitrogens with two attached hydrogens (primary N) is 2. The fraction of sp³-hybridized carbons (Fsp3) is 0.114. The molecule has 0 atom stereocenters. The zero-order valence-corrected chi connectivity index (χ0v) is 45.5. The largest absolute Gasteiger partial charge is 0.478 e. The Morgan fingerprint density at radius 3 is 1.06 bits per heavy atom. The molecule has 38 heteroatoms. The number of alkyl halides is 9. The van der Waals surface area contributed by atoms with Gasteiger partial charge in [0.25, 0.3) is 35.0 Å². The van der Waals surface area contributed by atoms with Crippen molar-refractivity contribution in [2.45, 2.75) is 48.1 Å². The maximum Gasteiger partial charge on any atom is 0.417 e. The number of carbonyl (C=O) groups excluding carboxylic acids is 1. The molecule has 82 heavy (non-hydrogen) atoms. The topological polar surface area (TPSA) is 282 Å². The van der Waals surface area contributed by atoms with E-state index in [9.17, 15) is 92.3 Å². The summed E-state index contributed by atoms with van der Waals surface area (Å²) < 4.78 is 229. The van der Waals surface area contributed by atoms with Crippen LogP contribution < -0.4 is 26.4 Å². The first-order valence-electron chi connectivity index (χ1n) is 19.6. The van der Waals surface area contributed by atoms with Crippen LogP contribution in [-0.2, 0) is 47.6 Å². The molecule has 0 unspecified atom stereocenters. The number of hydrogen-bond donors (Lipinski definition) is 7. The Labute approximate surface area is 490 Å². The van der Waals surface area contributed by atoms with Crippen molar-refractivity contribution in [3.8, 4) is 0 Å². The van der Waals surface area contributed by atoms with Gasteiger partial charge in [0.05, 0.1) is 89.6 Å². The number of hydrazine groups is 1. The van der Waals surface area contributed by atoms with Gasteiger partial charge in [-0.1, -0.05) is 84.5 Å². The quantitative estimate of drug-likeness (QED) is 0.0168. The zero-order valence-electron chi connectivity index (χ0n) is 37.8. The highest BCUT2D eigenvalue weighted by molar-refractivity contribution is 8.13. The molecule has 0 saturated carbocycles. The number of sulfonamides is 2. The second-order valence-corrected chi connectivity index (χ2v) is 23.0. The lowest BCUT2D eigenvalue weighted by Gasteiger charge is -2.15. The third-order valence-corrected chi connectivity index (χ3v) is 15.1. The summed E-state index contributed by atoms with van der Waals surface area (Å²) in [7, 11) is -8.56. The molecule has 0 aliphatic rings. The summed E-state index contributed by atoms with van der Waals surface area (Å²) in [5.74, 6) is -2.00. The second-order valence-electron chi connectivity index (χ2n) is 14.6. The molecule has 0 bridgehead atoms. The lowest BCUT2D eigenvalue weighted by atomic mass is 10.1. The average molecular weight is 1380 g/mol. The number of hydrogen-bond acceptors (Lipinski definition) is 11. The minimum absolute atomic E-state index is 0. The number of aromatic carboxylic acids is 2. The Morgan fingerprint density at radius 2 is 0.744 bits per heavy atom. The number of anilines is 3. The maximum absolute atomic E-state index is 13.6. The van der Waals surface area contributed by atoms with E-state index >= 15 is 0 Å². The highest BCUT2D eigenvalue weighted by atomic mass is 35.7. The van der Waals surface area contributed by atoms with Gasteiger partial charge in [0.2, 0.25) is 0 Å². The Balaban J connectivity index is 0.000000568. The van der Waals surface area contributed by atoms with Crippen LogP contribution >= 0.6 is 80.3 Å². The van der Waals surface area contributed by atoms with Gasteiger partial charge in [0.15, 0.2) is 0 Å². The first-order valence-corrected chi connectivity index (χ1v) is 27.2. The first kappa shape index (κ1) is 74.1. The predicted molar refractivity (Wildman–Crippen MR) is 282 cm³/mol. The maximum atomic E-state index is 13.6. The molecule has 0 spiro atoms. The number of nitrogen functional groups attached to an aromatic ring is 2. The Bertz CT molecular complexity index is 3760. The number of benzene rings is 6. The van der Waals surface area contributed by atoms with Gasteiger partial charge in [-0.3, -0.25) is 19.7 Å². The molecule has 0 saturated heterocycles. The molecule has 0 aliphatic carbocycles. The van der Waals surface area contributed by atoms with E-state index in [-0.39, 0.29) is 37.2 Å². The standard InChI is InChI=1S/C14H9Cl2F4N3O3S.C14H7Cl2F4NO4S.C7H3Cl2F3O2S.C7H5ClFNO2.2CH4/c15-9-2-1-6(3-8(9)14(18,19)20)27(25,26)23-12-5-10(16)11(17)4-7(12)13(24)22-21;15-9-2-1-6(3-8(9)14(18,19)20)26(24,25)21-12-5-10(16)11(17)4-7(12)13(22)23;8-6-2-1-4(15(9,13)14)3-5(6)7(10,11)12;8-4-2-6(10)3(7(11)12)1-5(4)9;;/h1-5,23H,21H2,(H,22,24);1-5,21H,(H,22,23);1-3H;1-2H,10H2,(H,11,12);2*1H4. The van der Waals surface area contributed by atoms with Crippen molar-refractivity contribution in [3.05, 3.63) is 172 Å². The van der Waals surface area contributed by atoms with Gasteiger partial charge < -0.3 is 15.9 Å². The number of carbonyl (C=O) groups is 3. The molecule has 6 aromatic carbocycles. The molecule has 0 fully saturated rings. The molecule has 450 valence electrons. The minimum atomic E-state index is -4.91. The molecule has 9 N–H and O–H groups in total. The number of carboxylic acids is 2. The lowest BCUT2D eigenvalue weighted by Crippen LogP contribution is -2.31. The van der Waals surface area contributed by atoms with E-state index in [0.717, 1.165) is 54.6 Å². The van der Waals surface area contributed by atoms with Gasteiger partial charge in [-0.25, -0.2) is 53.9 Å². The third-order valence-electron chi connectivity index (χ3n) is 9.17. The predicted octanol–water partition coefficient (Wildman–Crippen LogP) is 14.5. The normalized spacial score (nSPS) is 11.6. The van der Waals surface area contributed by atoms with Crippen molar-refractivity contribution in [1.82, 2.24) is 5.43 Å². The van der Waals surface area contributed by atoms with Gasteiger partial charge in [0, 0.05) is 16.4 Å². The molecule has 0 radical (unpaired) electrons. The molecule has 0 aliphatic heterocycles. The van der Waals surface area contributed by atoms with Crippen molar-refractivity contribution in [1.29, 1.82) is 0 Å². The van der Waals surface area contributed by atoms with Crippen LogP contribution in [-0.4, -0.2) is 53.3 Å². The monoisotopic (exact) mass is 1370 g/mol. The number of nitrogens with one attached hydrogen (secondary N) is 3. The second kappa shape index (κ2) is 28.6. The van der Waals surface area contributed by atoms with Gasteiger partial charge in [-0.2, -0.15) is 39.5 Å². The van der Waals surface area contributed by atoms with Gasteiger partial charge in [0.1, 0.15) is 17.5 Å². The summed E-state index contributed by atoms with van der Waals surface area (Å²) in [5.41, 5.74) is 0.197. The van der Waals surface area contributed by atoms with E-state index < -0.39 is 162 Å². The van der Waals surface area contributed by atoms with Crippen LogP contribution in [0.3, 0.4) is 0 Å². The van der Waals surface area contributed by atoms with Crippen LogP contribution in [0.2, 0.25) is 30.1 Å². The average Bonchev–Trinajstić information content (AvgIpc) is 3.31. The van der Waals surface area contributed by atoms with Crippen LogP contribution in [0.4, 0.5) is 69.7 Å². The first-order chi connectivity index (χ1) is 36.3. The van der Waals surface area contributed by atoms with Crippen LogP contribution in [0.25, 0.3) is 0 Å². The van der Waals surface area contributed by atoms with Gasteiger partial charge in [-0.05, 0) is 91.0 Å². The third kappa shape index (κ3) is 19.9. The van der Waals surface area contributed by atoms with E-state index in [1.807, 2.05) is 4.72 Å². The summed E-state index contributed by atoms with van der Waals surface area (Å²) in [6, 6.07) is 10.3. The van der Waals surface area contributed by atoms with Crippen LogP contribution in [0.1, 0.15) is 62.6 Å². The molecular formula is C44H32Cl7F12N5O11S3. The molecule has 1 amide bonds. The Kier molecular flexibility index (Phi) is 25.9. The fourth-order valence-corrected chi connectivity index (χ4v) is 9.65. The highest BCUT2D eigenvalue weighted by Crippen LogP contribution is 2.39. The lowest BCUT2D eigenvalue weighted by molar-refractivity contribution is -0.138. The van der Waals surface area contributed by atoms with Crippen LogP contribution in [0, 0.1) is 17.5 Å². The molecular weight excluding hydrogens is 1350 g/mol. The number of rotatable bonds is 10. The van der Waals surface area contributed by atoms with Crippen molar-refractivity contribution < 1.29 is 103 Å². The summed E-state index contributed by atoms with van der Waals surface area (Å²) in [6.45, 7) is 0. The number of halogens is 19. The van der Waals surface area contributed by atoms with E-state index in [1.165, 1.54) is 0 Å². The van der Waals surface area contributed by atoms with E-state index in [4.69, 9.17) is 102 Å². The summed E-state index contributed by atoms with van der Waals surface area (Å²) in [6.07, 6.45) is -14.5. The molecule has 6 rings (SSSR count). The number of amides is 1. The van der Waals surface area contributed by atoms with Crippen LogP contribution in [0.5, 0.6) is 0 Å². The SMILES string of the molecule is C.C.NNC(=O)c1cc(F)c(Cl)cc1NS(=O)(=O)c1ccc(Cl)c(C(F)(F)F)c1.Nc1cc(Cl)c(F)cc1C(=O)O.O=C(O)c1cc(F)c(Cl)cc1NS(=O)(=O)c1ccc(Cl)c(C(F)(F)F)c1.O=S(=O)(Cl)c1ccc(Cl)c(C(F)(F)F)c1. The van der Waals surface area contributed by atoms with E-state index in [0.29, 0.717) is 30.3 Å². The Hall–Kier alpha value is -5.87. The highest BCUT2D eigenvalue weighted by Gasteiger charge is 2.37. The van der Waals surface area contributed by atoms with E-state index in [2.05, 4.69) is 0 Å². The zero-order chi connectivity index (χ0) is 61.6. The smallest absolute Gasteiger partial charge is 0.417 e. The van der Waals surface area contributed by atoms with E-state index in [1.54, 1.807) is 10.1 Å². The molecule has 6 aromatic rings. The van der Waals surface area contributed by atoms with Gasteiger partial charge in [-0.15, -0.1) is 0 Å². The Morgan fingerprint density at radius 1 is 0.451 bits per heavy atom.